The summed E-state index contributed by atoms with van der Waals surface area (Å²) in [5.74, 6) is 0.930. The molecule has 86 valence electrons. The van der Waals surface area contributed by atoms with Crippen molar-refractivity contribution in [2.75, 3.05) is 13.1 Å². The van der Waals surface area contributed by atoms with Gasteiger partial charge < -0.3 is 0 Å². The van der Waals surface area contributed by atoms with Crippen LogP contribution in [0.5, 0.6) is 0 Å². The lowest BCUT2D eigenvalue weighted by Crippen LogP contribution is -2.21. The highest BCUT2D eigenvalue weighted by molar-refractivity contribution is 5.57. The van der Waals surface area contributed by atoms with Crippen LogP contribution >= 0.6 is 0 Å². The molecule has 3 nitrogen and oxygen atoms in total. The molecule has 1 aliphatic rings. The minimum absolute atomic E-state index is 0.808. The molecule has 2 aromatic rings. The molecule has 0 spiro atoms. The summed E-state index contributed by atoms with van der Waals surface area (Å²) in [6.45, 7) is 6.30. The van der Waals surface area contributed by atoms with Crippen molar-refractivity contribution in [1.29, 1.82) is 0 Å². The molecule has 3 rings (SSSR count). The van der Waals surface area contributed by atoms with Gasteiger partial charge in [-0.2, -0.15) is 9.97 Å². The summed E-state index contributed by atoms with van der Waals surface area (Å²) in [5, 5.41) is 0. The van der Waals surface area contributed by atoms with Crippen LogP contribution in [0.4, 0.5) is 11.6 Å². The third-order valence-corrected chi connectivity index (χ3v) is 3.52. The Morgan fingerprint density at radius 3 is 2.35 bits per heavy atom. The minimum atomic E-state index is 0.808. The minimum Gasteiger partial charge on any atom is -0.215 e. The Morgan fingerprint density at radius 2 is 1.76 bits per heavy atom. The van der Waals surface area contributed by atoms with E-state index in [1.807, 2.05) is 26.1 Å². The quantitative estimate of drug-likeness (QED) is 0.581. The molecule has 1 aromatic carbocycles. The van der Waals surface area contributed by atoms with Crippen molar-refractivity contribution in [1.82, 2.24) is 14.5 Å². The number of hydrogen-bond acceptors (Lipinski definition) is 2. The molecule has 0 radical (unpaired) electrons. The summed E-state index contributed by atoms with van der Waals surface area (Å²) in [6.07, 6.45) is 1.93. The smallest absolute Gasteiger partial charge is 0.215 e. The molecule has 2 heterocycles. The molecule has 1 aromatic heterocycles. The van der Waals surface area contributed by atoms with Gasteiger partial charge in [0.15, 0.2) is 0 Å². The van der Waals surface area contributed by atoms with E-state index in [1.165, 1.54) is 5.69 Å². The van der Waals surface area contributed by atoms with Gasteiger partial charge in [0.2, 0.25) is 0 Å². The summed E-state index contributed by atoms with van der Waals surface area (Å²) in [5.41, 5.74) is 3.52. The third kappa shape index (κ3) is 1.63. The number of hydrogen-bond donors (Lipinski definition) is 0. The zero-order valence-corrected chi connectivity index (χ0v) is 10.2. The highest BCUT2D eigenvalue weighted by Gasteiger charge is 2.49. The highest BCUT2D eigenvalue weighted by Crippen LogP contribution is 2.39. The van der Waals surface area contributed by atoms with E-state index in [-0.39, 0.29) is 0 Å². The van der Waals surface area contributed by atoms with Gasteiger partial charge in [-0.15, -0.1) is 0 Å². The third-order valence-electron chi connectivity index (χ3n) is 3.52. The van der Waals surface area contributed by atoms with Crippen molar-refractivity contribution in [3.8, 4) is 0 Å². The van der Waals surface area contributed by atoms with Crippen molar-refractivity contribution in [2.45, 2.75) is 13.8 Å². The van der Waals surface area contributed by atoms with Crippen molar-refractivity contribution in [3.63, 3.8) is 0 Å². The molecule has 0 amide bonds. The van der Waals surface area contributed by atoms with Crippen LogP contribution in [0.2, 0.25) is 0 Å². The SMILES string of the molecule is Cc1cnc([N+]2(c3ccccc3)CC2)nc1C. The molecule has 0 aliphatic carbocycles. The van der Waals surface area contributed by atoms with E-state index >= 15 is 0 Å². The normalized spacial score (nSPS) is 16.8. The Hall–Kier alpha value is -1.74. The van der Waals surface area contributed by atoms with Crippen LogP contribution < -0.4 is 4.48 Å². The number of rotatable bonds is 2. The average molecular weight is 226 g/mol. The van der Waals surface area contributed by atoms with Gasteiger partial charge in [-0.05, 0) is 31.5 Å². The number of benzene rings is 1. The Bertz CT molecular complexity index is 545. The zero-order chi connectivity index (χ0) is 11.9. The lowest BCUT2D eigenvalue weighted by molar-refractivity contribution is 0.683. The summed E-state index contributed by atoms with van der Waals surface area (Å²) in [4.78, 5) is 9.16. The molecular weight excluding hydrogens is 210 g/mol. The molecule has 1 fully saturated rings. The van der Waals surface area contributed by atoms with Crippen molar-refractivity contribution in [2.24, 2.45) is 0 Å². The number of quaternary nitrogens is 1. The fourth-order valence-corrected chi connectivity index (χ4v) is 2.11. The zero-order valence-electron chi connectivity index (χ0n) is 10.2. The van der Waals surface area contributed by atoms with Crippen molar-refractivity contribution < 1.29 is 0 Å². The van der Waals surface area contributed by atoms with Crippen LogP contribution in [-0.2, 0) is 0 Å². The topological polar surface area (TPSA) is 25.8 Å². The maximum absolute atomic E-state index is 4.64. The number of aromatic nitrogens is 2. The summed E-state index contributed by atoms with van der Waals surface area (Å²) in [7, 11) is 0. The van der Waals surface area contributed by atoms with Crippen molar-refractivity contribution in [3.05, 3.63) is 47.8 Å². The van der Waals surface area contributed by atoms with Crippen molar-refractivity contribution >= 4 is 11.6 Å². The van der Waals surface area contributed by atoms with Crippen LogP contribution in [0.25, 0.3) is 0 Å². The summed E-state index contributed by atoms with van der Waals surface area (Å²) >= 11 is 0. The summed E-state index contributed by atoms with van der Waals surface area (Å²) in [6, 6.07) is 10.5. The van der Waals surface area contributed by atoms with Crippen LogP contribution in [0, 0.1) is 13.8 Å². The first-order valence-electron chi connectivity index (χ1n) is 5.96. The molecule has 1 saturated heterocycles. The molecule has 0 saturated carbocycles. The molecule has 3 heteroatoms. The lowest BCUT2D eigenvalue weighted by atomic mass is 10.3. The molecule has 0 unspecified atom stereocenters. The Kier molecular flexibility index (Phi) is 2.23. The van der Waals surface area contributed by atoms with E-state index in [9.17, 15) is 0 Å². The number of nitrogens with zero attached hydrogens (tertiary/aromatic N) is 3. The molecule has 1 aliphatic heterocycles. The van der Waals surface area contributed by atoms with Crippen LogP contribution in [0.1, 0.15) is 11.3 Å². The van der Waals surface area contributed by atoms with E-state index in [4.69, 9.17) is 0 Å². The fourth-order valence-electron chi connectivity index (χ4n) is 2.11. The molecule has 0 N–H and O–H groups in total. The van der Waals surface area contributed by atoms with E-state index in [2.05, 4.69) is 34.2 Å². The standard InChI is InChI=1S/C14H16N3/c1-11-10-15-14(16-12(11)2)17(8-9-17)13-6-4-3-5-7-13/h3-7,10H,8-9H2,1-2H3/q+1. The lowest BCUT2D eigenvalue weighted by Gasteiger charge is -2.15. The van der Waals surface area contributed by atoms with Crippen LogP contribution in [0.3, 0.4) is 0 Å². The Morgan fingerprint density at radius 1 is 1.06 bits per heavy atom. The Labute approximate surface area is 101 Å². The summed E-state index contributed by atoms with van der Waals surface area (Å²) < 4.78 is 0.808. The van der Waals surface area contributed by atoms with E-state index in [1.54, 1.807) is 0 Å². The van der Waals surface area contributed by atoms with Crippen LogP contribution in [-0.4, -0.2) is 23.1 Å². The second-order valence-electron chi connectivity index (χ2n) is 4.69. The van der Waals surface area contributed by atoms with Gasteiger partial charge in [-0.3, -0.25) is 0 Å². The van der Waals surface area contributed by atoms with Crippen LogP contribution in [0.15, 0.2) is 36.5 Å². The van der Waals surface area contributed by atoms with Gasteiger partial charge >= 0.3 is 5.95 Å². The first-order valence-corrected chi connectivity index (χ1v) is 5.96. The van der Waals surface area contributed by atoms with Gasteiger partial charge in [0.25, 0.3) is 0 Å². The second-order valence-corrected chi connectivity index (χ2v) is 4.69. The van der Waals surface area contributed by atoms with E-state index in [0.29, 0.717) is 0 Å². The van der Waals surface area contributed by atoms with Gasteiger partial charge in [0.05, 0.1) is 0 Å². The second kappa shape index (κ2) is 3.64. The van der Waals surface area contributed by atoms with E-state index in [0.717, 1.165) is 34.8 Å². The largest absolute Gasteiger partial charge is 0.334 e. The van der Waals surface area contributed by atoms with Gasteiger partial charge in [-0.25, -0.2) is 4.48 Å². The number of aryl methyl sites for hydroxylation is 2. The first-order chi connectivity index (χ1) is 8.22. The maximum atomic E-state index is 4.64. The monoisotopic (exact) mass is 226 g/mol. The van der Waals surface area contributed by atoms with Gasteiger partial charge in [0.1, 0.15) is 18.8 Å². The molecular formula is C14H16N3+. The fraction of sp³-hybridized carbons (Fsp3) is 0.286. The predicted octanol–water partition coefficient (Wildman–Crippen LogP) is 2.75. The molecule has 17 heavy (non-hydrogen) atoms. The van der Waals surface area contributed by atoms with E-state index < -0.39 is 0 Å². The average Bonchev–Trinajstić information content (AvgIpc) is 3.15. The Balaban J connectivity index is 2.07. The highest BCUT2D eigenvalue weighted by atomic mass is 15.5. The maximum Gasteiger partial charge on any atom is 0.334 e. The number of para-hydroxylation sites is 1. The predicted molar refractivity (Wildman–Crippen MR) is 69.1 cm³/mol. The van der Waals surface area contributed by atoms with Gasteiger partial charge in [0, 0.05) is 11.9 Å². The molecule has 0 atom stereocenters. The van der Waals surface area contributed by atoms with Gasteiger partial charge in [-0.1, -0.05) is 18.2 Å². The first kappa shape index (κ1) is 10.4. The molecule has 0 bridgehead atoms.